The highest BCUT2D eigenvalue weighted by atomic mass is 16.5. The Kier molecular flexibility index (Phi) is 6.12. The van der Waals surface area contributed by atoms with Gasteiger partial charge in [0.15, 0.2) is 5.78 Å². The largest absolute Gasteiger partial charge is 0.497 e. The molecule has 3 rings (SSSR count). The van der Waals surface area contributed by atoms with E-state index >= 15 is 0 Å². The minimum Gasteiger partial charge on any atom is -0.497 e. The van der Waals surface area contributed by atoms with Gasteiger partial charge in [-0.3, -0.25) is 4.79 Å². The van der Waals surface area contributed by atoms with Crippen LogP contribution in [0.4, 0.5) is 11.4 Å². The van der Waals surface area contributed by atoms with Gasteiger partial charge in [-0.25, -0.2) is 0 Å². The van der Waals surface area contributed by atoms with Gasteiger partial charge in [0.05, 0.1) is 31.2 Å². The fraction of sp³-hybridized carbons (Fsp3) is 0.435. The molecule has 0 aromatic heterocycles. The number of carbonyl (C=O) groups excluding carboxylic acids is 1. The van der Waals surface area contributed by atoms with E-state index in [0.29, 0.717) is 17.1 Å². The third kappa shape index (κ3) is 3.93. The lowest BCUT2D eigenvalue weighted by molar-refractivity contribution is 0.0864. The number of hydrogen-bond acceptors (Lipinski definition) is 5. The number of nitrogen functional groups attached to an aromatic ring is 1. The maximum Gasteiger partial charge on any atom is 0.170 e. The van der Waals surface area contributed by atoms with Gasteiger partial charge >= 0.3 is 0 Å². The summed E-state index contributed by atoms with van der Waals surface area (Å²) in [6.45, 7) is 0. The first-order valence-electron chi connectivity index (χ1n) is 9.79. The molecule has 2 N–H and O–H groups in total. The average molecular weight is 383 g/mol. The van der Waals surface area contributed by atoms with Crippen molar-refractivity contribution in [2.24, 2.45) is 5.92 Å². The van der Waals surface area contributed by atoms with Crippen LogP contribution >= 0.6 is 0 Å². The lowest BCUT2D eigenvalue weighted by atomic mass is 9.72. The first-order chi connectivity index (χ1) is 13.5. The van der Waals surface area contributed by atoms with E-state index in [9.17, 15) is 4.79 Å². The Morgan fingerprint density at radius 2 is 1.79 bits per heavy atom. The topological polar surface area (TPSA) is 64.8 Å². The Bertz CT molecular complexity index is 848. The third-order valence-corrected chi connectivity index (χ3v) is 5.74. The molecule has 150 valence electrons. The average Bonchev–Trinajstić information content (AvgIpc) is 2.72. The molecule has 0 radical (unpaired) electrons. The molecule has 2 unspecified atom stereocenters. The molecule has 1 aliphatic rings. The van der Waals surface area contributed by atoms with Crippen LogP contribution in [0, 0.1) is 5.92 Å². The van der Waals surface area contributed by atoms with Crippen molar-refractivity contribution in [1.82, 2.24) is 0 Å². The van der Waals surface area contributed by atoms with Crippen molar-refractivity contribution >= 4 is 17.2 Å². The minimum atomic E-state index is -0.0839. The molecule has 0 spiro atoms. The number of methoxy groups -OCH3 is 2. The zero-order valence-electron chi connectivity index (χ0n) is 17.2. The van der Waals surface area contributed by atoms with Gasteiger partial charge < -0.3 is 20.1 Å². The molecule has 0 aliphatic heterocycles. The number of rotatable bonds is 6. The van der Waals surface area contributed by atoms with Crippen LogP contribution in [0.15, 0.2) is 36.4 Å². The Hall–Kier alpha value is -2.69. The maximum atomic E-state index is 13.5. The number of Topliss-reactive ketones (excluding diaryl/α,β-unsaturated/α-hetero) is 1. The molecule has 0 heterocycles. The van der Waals surface area contributed by atoms with Crippen molar-refractivity contribution in [3.8, 4) is 11.5 Å². The highest BCUT2D eigenvalue weighted by molar-refractivity contribution is 6.01. The molecule has 1 saturated carbocycles. The predicted molar refractivity (Wildman–Crippen MR) is 114 cm³/mol. The van der Waals surface area contributed by atoms with Crippen molar-refractivity contribution in [2.45, 2.75) is 31.6 Å². The number of ether oxygens (including phenoxy) is 2. The fourth-order valence-corrected chi connectivity index (χ4v) is 4.26. The number of anilines is 2. The second-order valence-corrected chi connectivity index (χ2v) is 7.64. The second kappa shape index (κ2) is 8.55. The van der Waals surface area contributed by atoms with E-state index in [-0.39, 0.29) is 17.6 Å². The minimum absolute atomic E-state index is 0.0839. The SMILES string of the molecule is COc1ccc(OC)c(C(=O)C2CCCCC2c2ccc(N(C)C)c(N)c2)c1. The molecule has 0 amide bonds. The number of carbonyl (C=O) groups is 1. The molecular weight excluding hydrogens is 352 g/mol. The summed E-state index contributed by atoms with van der Waals surface area (Å²) < 4.78 is 10.8. The van der Waals surface area contributed by atoms with Crippen LogP contribution in [-0.2, 0) is 0 Å². The van der Waals surface area contributed by atoms with E-state index in [1.54, 1.807) is 26.4 Å². The second-order valence-electron chi connectivity index (χ2n) is 7.64. The van der Waals surface area contributed by atoms with Crippen LogP contribution < -0.4 is 20.1 Å². The fourth-order valence-electron chi connectivity index (χ4n) is 4.26. The first-order valence-corrected chi connectivity index (χ1v) is 9.79. The van der Waals surface area contributed by atoms with Crippen LogP contribution in [-0.4, -0.2) is 34.1 Å². The van der Waals surface area contributed by atoms with Crippen LogP contribution in [0.1, 0.15) is 47.5 Å². The van der Waals surface area contributed by atoms with Gasteiger partial charge in [0.1, 0.15) is 11.5 Å². The molecule has 5 heteroatoms. The third-order valence-electron chi connectivity index (χ3n) is 5.74. The van der Waals surface area contributed by atoms with Crippen LogP contribution in [0.25, 0.3) is 0 Å². The predicted octanol–water partition coefficient (Wildman–Crippen LogP) is 4.51. The molecule has 5 nitrogen and oxygen atoms in total. The Labute approximate surface area is 167 Å². The van der Waals surface area contributed by atoms with Gasteiger partial charge in [0.25, 0.3) is 0 Å². The molecular formula is C23H30N2O3. The van der Waals surface area contributed by atoms with Crippen molar-refractivity contribution in [3.63, 3.8) is 0 Å². The van der Waals surface area contributed by atoms with E-state index in [2.05, 4.69) is 6.07 Å². The number of ketones is 1. The first kappa shape index (κ1) is 20.1. The smallest absolute Gasteiger partial charge is 0.170 e. The molecule has 2 aromatic rings. The van der Waals surface area contributed by atoms with E-state index in [0.717, 1.165) is 42.6 Å². The summed E-state index contributed by atoms with van der Waals surface area (Å²) in [6, 6.07) is 11.6. The monoisotopic (exact) mass is 382 g/mol. The number of benzene rings is 2. The van der Waals surface area contributed by atoms with Gasteiger partial charge in [-0.2, -0.15) is 0 Å². The molecule has 0 bridgehead atoms. The number of hydrogen-bond donors (Lipinski definition) is 1. The standard InChI is InChI=1S/C23H30N2O3/c1-25(2)21-11-9-15(13-20(21)24)17-7-5-6-8-18(17)23(26)19-14-16(27-3)10-12-22(19)28-4/h9-14,17-18H,5-8,24H2,1-4H3. The highest BCUT2D eigenvalue weighted by Crippen LogP contribution is 2.42. The van der Waals surface area contributed by atoms with Gasteiger partial charge in [-0.05, 0) is 54.7 Å². The van der Waals surface area contributed by atoms with Crippen molar-refractivity contribution < 1.29 is 14.3 Å². The summed E-state index contributed by atoms with van der Waals surface area (Å²) in [5.74, 6) is 1.46. The van der Waals surface area contributed by atoms with Crippen LogP contribution in [0.3, 0.4) is 0 Å². The molecule has 28 heavy (non-hydrogen) atoms. The summed E-state index contributed by atoms with van der Waals surface area (Å²) >= 11 is 0. The zero-order chi connectivity index (χ0) is 20.3. The van der Waals surface area contributed by atoms with Crippen molar-refractivity contribution in [1.29, 1.82) is 0 Å². The maximum absolute atomic E-state index is 13.5. The molecule has 2 atom stereocenters. The highest BCUT2D eigenvalue weighted by Gasteiger charge is 2.34. The molecule has 0 saturated heterocycles. The molecule has 1 fully saturated rings. The van der Waals surface area contributed by atoms with E-state index < -0.39 is 0 Å². The number of nitrogens with zero attached hydrogens (tertiary/aromatic N) is 1. The Morgan fingerprint density at radius 1 is 1.04 bits per heavy atom. The summed E-state index contributed by atoms with van der Waals surface area (Å²) in [5, 5.41) is 0. The lowest BCUT2D eigenvalue weighted by Gasteiger charge is -2.32. The quantitative estimate of drug-likeness (QED) is 0.588. The summed E-state index contributed by atoms with van der Waals surface area (Å²) in [6.07, 6.45) is 4.05. The van der Waals surface area contributed by atoms with Crippen molar-refractivity contribution in [3.05, 3.63) is 47.5 Å². The van der Waals surface area contributed by atoms with Gasteiger partial charge in [-0.15, -0.1) is 0 Å². The Morgan fingerprint density at radius 3 is 2.43 bits per heavy atom. The zero-order valence-corrected chi connectivity index (χ0v) is 17.2. The summed E-state index contributed by atoms with van der Waals surface area (Å²) in [5.41, 5.74) is 9.76. The molecule has 2 aromatic carbocycles. The van der Waals surface area contributed by atoms with Crippen molar-refractivity contribution in [2.75, 3.05) is 38.9 Å². The number of nitrogens with two attached hydrogens (primary N) is 1. The van der Waals surface area contributed by atoms with Gasteiger partial charge in [0.2, 0.25) is 0 Å². The summed E-state index contributed by atoms with van der Waals surface area (Å²) in [7, 11) is 7.16. The molecule has 1 aliphatic carbocycles. The lowest BCUT2D eigenvalue weighted by Crippen LogP contribution is -2.26. The summed E-state index contributed by atoms with van der Waals surface area (Å²) in [4.78, 5) is 15.5. The van der Waals surface area contributed by atoms with Crippen LogP contribution in [0.5, 0.6) is 11.5 Å². The van der Waals surface area contributed by atoms with Gasteiger partial charge in [-0.1, -0.05) is 18.9 Å². The van der Waals surface area contributed by atoms with Gasteiger partial charge in [0, 0.05) is 20.0 Å². The van der Waals surface area contributed by atoms with E-state index in [1.807, 2.05) is 37.2 Å². The van der Waals surface area contributed by atoms with Crippen LogP contribution in [0.2, 0.25) is 0 Å². The van der Waals surface area contributed by atoms with E-state index in [4.69, 9.17) is 15.2 Å². The van der Waals surface area contributed by atoms with E-state index in [1.165, 1.54) is 0 Å². The normalized spacial score (nSPS) is 19.1. The Balaban J connectivity index is 1.96.